The van der Waals surface area contributed by atoms with Gasteiger partial charge in [-0.15, -0.1) is 11.6 Å². The van der Waals surface area contributed by atoms with E-state index in [2.05, 4.69) is 4.74 Å². The zero-order chi connectivity index (χ0) is 16.1. The lowest BCUT2D eigenvalue weighted by Gasteiger charge is -2.40. The number of halogens is 2. The van der Waals surface area contributed by atoms with Gasteiger partial charge in [0.1, 0.15) is 11.7 Å². The maximum atomic E-state index is 12.9. The van der Waals surface area contributed by atoms with Gasteiger partial charge in [0.05, 0.1) is 7.11 Å². The summed E-state index contributed by atoms with van der Waals surface area (Å²) in [5.41, 5.74) is 0.837. The molecule has 5 nitrogen and oxygen atoms in total. The Morgan fingerprint density at radius 1 is 1.36 bits per heavy atom. The Kier molecular flexibility index (Phi) is 5.60. The summed E-state index contributed by atoms with van der Waals surface area (Å²) in [6, 6.07) is 6.01. The molecule has 1 aliphatic rings. The van der Waals surface area contributed by atoms with Crippen LogP contribution in [0.5, 0.6) is 0 Å². The van der Waals surface area contributed by atoms with Crippen LogP contribution in [0.25, 0.3) is 0 Å². The van der Waals surface area contributed by atoms with Gasteiger partial charge in [0, 0.05) is 32.1 Å². The molecule has 7 heteroatoms. The van der Waals surface area contributed by atoms with E-state index in [4.69, 9.17) is 11.6 Å². The van der Waals surface area contributed by atoms with Crippen molar-refractivity contribution in [3.8, 4) is 0 Å². The van der Waals surface area contributed by atoms with Crippen molar-refractivity contribution in [2.75, 3.05) is 32.6 Å². The Hall–Kier alpha value is -1.82. The molecule has 0 spiro atoms. The fourth-order valence-electron chi connectivity index (χ4n) is 2.42. The second kappa shape index (κ2) is 7.45. The first kappa shape index (κ1) is 16.5. The van der Waals surface area contributed by atoms with Crippen LogP contribution in [0.15, 0.2) is 24.3 Å². The molecule has 0 unspecified atom stereocenters. The highest BCUT2D eigenvalue weighted by Crippen LogP contribution is 2.19. The minimum atomic E-state index is -0.356. The second-order valence-corrected chi connectivity index (χ2v) is 5.54. The van der Waals surface area contributed by atoms with Crippen molar-refractivity contribution in [1.29, 1.82) is 0 Å². The molecule has 120 valence electrons. The molecule has 0 radical (unpaired) electrons. The van der Waals surface area contributed by atoms with E-state index in [-0.39, 0.29) is 29.6 Å². The molecule has 0 aromatic heterocycles. The van der Waals surface area contributed by atoms with E-state index in [0.29, 0.717) is 26.2 Å². The number of methoxy groups -OCH3 is 1. The number of ether oxygens (including phenoxy) is 1. The van der Waals surface area contributed by atoms with Gasteiger partial charge in [-0.05, 0) is 17.7 Å². The lowest BCUT2D eigenvalue weighted by Crippen LogP contribution is -2.54. The minimum Gasteiger partial charge on any atom is -0.453 e. The zero-order valence-electron chi connectivity index (χ0n) is 12.3. The van der Waals surface area contributed by atoms with Gasteiger partial charge in [-0.1, -0.05) is 12.1 Å². The summed E-state index contributed by atoms with van der Waals surface area (Å²) in [7, 11) is 1.34. The van der Waals surface area contributed by atoms with Gasteiger partial charge in [0.25, 0.3) is 0 Å². The molecule has 22 heavy (non-hydrogen) atoms. The zero-order valence-corrected chi connectivity index (χ0v) is 13.1. The molecule has 1 aliphatic heterocycles. The third-order valence-corrected chi connectivity index (χ3v) is 3.85. The molecule has 0 saturated carbocycles. The number of carbonyl (C=O) groups is 2. The normalized spacial score (nSPS) is 14.4. The fourth-order valence-corrected chi connectivity index (χ4v) is 2.59. The number of alkyl halides is 1. The van der Waals surface area contributed by atoms with Crippen molar-refractivity contribution >= 4 is 23.6 Å². The third kappa shape index (κ3) is 4.10. The number of hydrogen-bond donors (Lipinski definition) is 0. The van der Waals surface area contributed by atoms with Gasteiger partial charge in [0.2, 0.25) is 5.91 Å². The van der Waals surface area contributed by atoms with E-state index in [0.717, 1.165) is 5.56 Å². The van der Waals surface area contributed by atoms with Crippen LogP contribution >= 0.6 is 11.6 Å². The molecule has 1 aromatic rings. The Balaban J connectivity index is 1.92. The number of hydrogen-bond acceptors (Lipinski definition) is 3. The first-order chi connectivity index (χ1) is 10.5. The van der Waals surface area contributed by atoms with E-state index in [1.54, 1.807) is 21.9 Å². The Bertz CT molecular complexity index is 532. The maximum absolute atomic E-state index is 12.9. The predicted molar refractivity (Wildman–Crippen MR) is 80.0 cm³/mol. The molecule has 1 saturated heterocycles. The van der Waals surface area contributed by atoms with Gasteiger partial charge in [-0.2, -0.15) is 0 Å². The SMILES string of the molecule is COC(=O)N1CC(CN(Cc2ccc(F)cc2)C(=O)CCl)C1. The van der Waals surface area contributed by atoms with Crippen LogP contribution in [0.2, 0.25) is 0 Å². The van der Waals surface area contributed by atoms with Gasteiger partial charge >= 0.3 is 6.09 Å². The molecule has 0 bridgehead atoms. The third-order valence-electron chi connectivity index (χ3n) is 3.62. The van der Waals surface area contributed by atoms with Crippen molar-refractivity contribution in [3.05, 3.63) is 35.6 Å². The van der Waals surface area contributed by atoms with Crippen LogP contribution < -0.4 is 0 Å². The van der Waals surface area contributed by atoms with Crippen LogP contribution in [0, 0.1) is 11.7 Å². The highest BCUT2D eigenvalue weighted by molar-refractivity contribution is 6.27. The topological polar surface area (TPSA) is 49.9 Å². The van der Waals surface area contributed by atoms with Crippen molar-refractivity contribution in [2.24, 2.45) is 5.92 Å². The van der Waals surface area contributed by atoms with E-state index in [1.807, 2.05) is 0 Å². The van der Waals surface area contributed by atoms with Crippen LogP contribution in [0.4, 0.5) is 9.18 Å². The number of nitrogens with zero attached hydrogens (tertiary/aromatic N) is 2. The highest BCUT2D eigenvalue weighted by Gasteiger charge is 2.33. The van der Waals surface area contributed by atoms with E-state index < -0.39 is 0 Å². The van der Waals surface area contributed by atoms with Crippen LogP contribution in [-0.4, -0.2) is 54.4 Å². The maximum Gasteiger partial charge on any atom is 0.409 e. The van der Waals surface area contributed by atoms with Gasteiger partial charge < -0.3 is 14.5 Å². The van der Waals surface area contributed by atoms with Crippen molar-refractivity contribution < 1.29 is 18.7 Å². The Morgan fingerprint density at radius 2 is 2.00 bits per heavy atom. The van der Waals surface area contributed by atoms with Crippen molar-refractivity contribution in [3.63, 3.8) is 0 Å². The number of carbonyl (C=O) groups excluding carboxylic acids is 2. The summed E-state index contributed by atoms with van der Waals surface area (Å²) in [6.07, 6.45) is -0.356. The van der Waals surface area contributed by atoms with Crippen LogP contribution in [0.3, 0.4) is 0 Å². The summed E-state index contributed by atoms with van der Waals surface area (Å²) in [4.78, 5) is 26.5. The molecular formula is C15H18ClFN2O3. The van der Waals surface area contributed by atoms with Gasteiger partial charge in [0.15, 0.2) is 0 Å². The molecule has 0 N–H and O–H groups in total. The molecule has 0 aliphatic carbocycles. The molecule has 1 fully saturated rings. The summed E-state index contributed by atoms with van der Waals surface area (Å²) in [5.74, 6) is -0.393. The largest absolute Gasteiger partial charge is 0.453 e. The molecule has 1 heterocycles. The Morgan fingerprint density at radius 3 is 2.55 bits per heavy atom. The van der Waals surface area contributed by atoms with E-state index in [9.17, 15) is 14.0 Å². The van der Waals surface area contributed by atoms with Crippen molar-refractivity contribution in [1.82, 2.24) is 9.80 Å². The van der Waals surface area contributed by atoms with E-state index in [1.165, 1.54) is 19.2 Å². The van der Waals surface area contributed by atoms with E-state index >= 15 is 0 Å². The standard InChI is InChI=1S/C15H18ClFN2O3/c1-22-15(21)19-9-12(10-19)8-18(14(20)6-16)7-11-2-4-13(17)5-3-11/h2-5,12H,6-10H2,1H3. The smallest absolute Gasteiger partial charge is 0.409 e. The summed E-state index contributed by atoms with van der Waals surface area (Å²) < 4.78 is 17.6. The number of rotatable bonds is 5. The van der Waals surface area contributed by atoms with Crippen LogP contribution in [0.1, 0.15) is 5.56 Å². The summed E-state index contributed by atoms with van der Waals surface area (Å²) in [5, 5.41) is 0. The molecule has 0 atom stereocenters. The minimum absolute atomic E-state index is 0.103. The predicted octanol–water partition coefficient (Wildman–Crippen LogP) is 2.09. The van der Waals surface area contributed by atoms with Crippen molar-refractivity contribution in [2.45, 2.75) is 6.54 Å². The number of likely N-dealkylation sites (tertiary alicyclic amines) is 1. The summed E-state index contributed by atoms with van der Waals surface area (Å²) in [6.45, 7) is 2.00. The van der Waals surface area contributed by atoms with Crippen LogP contribution in [-0.2, 0) is 16.1 Å². The Labute approximate surface area is 133 Å². The first-order valence-electron chi connectivity index (χ1n) is 6.94. The fraction of sp³-hybridized carbons (Fsp3) is 0.467. The first-order valence-corrected chi connectivity index (χ1v) is 7.48. The molecular weight excluding hydrogens is 311 g/mol. The average molecular weight is 329 g/mol. The number of amides is 2. The highest BCUT2D eigenvalue weighted by atomic mass is 35.5. The lowest BCUT2D eigenvalue weighted by atomic mass is 10.00. The summed E-state index contributed by atoms with van der Waals surface area (Å²) >= 11 is 5.65. The second-order valence-electron chi connectivity index (χ2n) is 5.28. The number of benzene rings is 1. The molecule has 2 amide bonds. The molecule has 2 rings (SSSR count). The quantitative estimate of drug-likeness (QED) is 0.778. The monoisotopic (exact) mass is 328 g/mol. The lowest BCUT2D eigenvalue weighted by molar-refractivity contribution is -0.130. The average Bonchev–Trinajstić information content (AvgIpc) is 2.49. The molecule has 1 aromatic carbocycles. The van der Waals surface area contributed by atoms with Gasteiger partial charge in [-0.25, -0.2) is 9.18 Å². The van der Waals surface area contributed by atoms with Gasteiger partial charge in [-0.3, -0.25) is 4.79 Å².